The van der Waals surface area contributed by atoms with Gasteiger partial charge in [0, 0.05) is 19.7 Å². The van der Waals surface area contributed by atoms with Crippen LogP contribution in [-0.4, -0.2) is 42.2 Å². The second-order valence-electron chi connectivity index (χ2n) is 9.87. The molecule has 40 heavy (non-hydrogen) atoms. The van der Waals surface area contributed by atoms with Crippen LogP contribution >= 0.6 is 0 Å². The molecule has 5 rings (SSSR count). The predicted octanol–water partition coefficient (Wildman–Crippen LogP) is 6.29. The minimum atomic E-state index is -0.594. The van der Waals surface area contributed by atoms with Gasteiger partial charge in [0.1, 0.15) is 5.82 Å². The minimum Gasteiger partial charge on any atom is -0.465 e. The number of aromatic nitrogens is 2. The van der Waals surface area contributed by atoms with E-state index in [1.807, 2.05) is 85.8 Å². The molecule has 1 amide bonds. The summed E-state index contributed by atoms with van der Waals surface area (Å²) in [4.78, 5) is 25.3. The Morgan fingerprint density at radius 2 is 1.57 bits per heavy atom. The van der Waals surface area contributed by atoms with Crippen molar-refractivity contribution in [2.24, 2.45) is 7.05 Å². The molecule has 4 aromatic rings. The SMILES string of the molecule is CCOC(=O)C1(c2ccc(-c3ccc(-c4cnn(C)c4NC(=O)OC(COC)c4ccccc4)cc3)cc2)CC1. The number of nitrogens with one attached hydrogen (secondary N) is 1. The van der Waals surface area contributed by atoms with Gasteiger partial charge in [0.25, 0.3) is 0 Å². The van der Waals surface area contributed by atoms with Gasteiger partial charge in [0.05, 0.1) is 24.8 Å². The summed E-state index contributed by atoms with van der Waals surface area (Å²) in [6.07, 6.45) is 2.24. The van der Waals surface area contributed by atoms with Crippen molar-refractivity contribution < 1.29 is 23.8 Å². The number of aryl methyl sites for hydroxylation is 1. The van der Waals surface area contributed by atoms with E-state index < -0.39 is 17.6 Å². The van der Waals surface area contributed by atoms with Gasteiger partial charge in [0.2, 0.25) is 0 Å². The first-order chi connectivity index (χ1) is 19.4. The molecular weight excluding hydrogens is 506 g/mol. The maximum atomic E-state index is 12.9. The lowest BCUT2D eigenvalue weighted by atomic mass is 9.93. The fraction of sp³-hybridized carbons (Fsp3) is 0.281. The third-order valence-corrected chi connectivity index (χ3v) is 7.28. The lowest BCUT2D eigenvalue weighted by Crippen LogP contribution is -2.23. The van der Waals surface area contributed by atoms with E-state index in [1.165, 1.54) is 0 Å². The molecule has 1 saturated carbocycles. The van der Waals surface area contributed by atoms with Crippen molar-refractivity contribution >= 4 is 17.9 Å². The molecule has 1 fully saturated rings. The highest BCUT2D eigenvalue weighted by atomic mass is 16.6. The van der Waals surface area contributed by atoms with Crippen molar-refractivity contribution in [3.05, 3.63) is 96.2 Å². The van der Waals surface area contributed by atoms with Crippen molar-refractivity contribution in [3.63, 3.8) is 0 Å². The lowest BCUT2D eigenvalue weighted by Gasteiger charge is -2.18. The number of ether oxygens (including phenoxy) is 3. The van der Waals surface area contributed by atoms with Gasteiger partial charge in [-0.15, -0.1) is 0 Å². The van der Waals surface area contributed by atoms with Gasteiger partial charge >= 0.3 is 12.1 Å². The Labute approximate surface area is 233 Å². The number of rotatable bonds is 10. The summed E-state index contributed by atoms with van der Waals surface area (Å²) in [7, 11) is 3.34. The summed E-state index contributed by atoms with van der Waals surface area (Å²) >= 11 is 0. The molecule has 1 atom stereocenters. The molecule has 1 aliphatic carbocycles. The third-order valence-electron chi connectivity index (χ3n) is 7.28. The van der Waals surface area contributed by atoms with Crippen molar-refractivity contribution in [2.75, 3.05) is 25.6 Å². The number of benzene rings is 3. The van der Waals surface area contributed by atoms with Gasteiger partial charge in [-0.25, -0.2) is 4.79 Å². The van der Waals surface area contributed by atoms with Crippen LogP contribution in [0.25, 0.3) is 22.3 Å². The number of nitrogens with zero attached hydrogens (tertiary/aromatic N) is 2. The molecule has 0 saturated heterocycles. The summed E-state index contributed by atoms with van der Waals surface area (Å²) in [6.45, 7) is 2.46. The Kier molecular flexibility index (Phi) is 7.98. The fourth-order valence-corrected chi connectivity index (χ4v) is 4.90. The van der Waals surface area contributed by atoms with Gasteiger partial charge < -0.3 is 14.2 Å². The topological polar surface area (TPSA) is 91.7 Å². The Balaban J connectivity index is 1.29. The molecule has 0 spiro atoms. The second-order valence-corrected chi connectivity index (χ2v) is 9.87. The van der Waals surface area contributed by atoms with Gasteiger partial charge in [-0.2, -0.15) is 5.10 Å². The van der Waals surface area contributed by atoms with Crippen molar-refractivity contribution in [3.8, 4) is 22.3 Å². The van der Waals surface area contributed by atoms with Crippen LogP contribution in [0.5, 0.6) is 0 Å². The number of hydrogen-bond donors (Lipinski definition) is 1. The maximum Gasteiger partial charge on any atom is 0.413 e. The number of carbonyl (C=O) groups is 2. The van der Waals surface area contributed by atoms with Crippen molar-refractivity contribution in [2.45, 2.75) is 31.3 Å². The quantitative estimate of drug-likeness (QED) is 0.238. The summed E-state index contributed by atoms with van der Waals surface area (Å²) in [5, 5.41) is 7.20. The second kappa shape index (κ2) is 11.8. The van der Waals surface area contributed by atoms with E-state index in [9.17, 15) is 9.59 Å². The average Bonchev–Trinajstić information content (AvgIpc) is 3.72. The number of hydrogen-bond acceptors (Lipinski definition) is 6. The van der Waals surface area contributed by atoms with Crippen molar-refractivity contribution in [1.82, 2.24) is 9.78 Å². The molecule has 1 aromatic heterocycles. The molecule has 1 aliphatic rings. The zero-order valence-corrected chi connectivity index (χ0v) is 22.9. The normalized spacial score (nSPS) is 14.3. The molecule has 8 nitrogen and oxygen atoms in total. The first-order valence-corrected chi connectivity index (χ1v) is 13.4. The molecule has 206 valence electrons. The molecule has 0 radical (unpaired) electrons. The molecule has 0 bridgehead atoms. The zero-order chi connectivity index (χ0) is 28.1. The van der Waals surface area contributed by atoms with Crippen LogP contribution in [0.15, 0.2) is 85.1 Å². The van der Waals surface area contributed by atoms with E-state index >= 15 is 0 Å². The van der Waals surface area contributed by atoms with E-state index in [2.05, 4.69) is 10.4 Å². The van der Waals surface area contributed by atoms with Gasteiger partial charge in [-0.1, -0.05) is 78.9 Å². The third kappa shape index (κ3) is 5.62. The fourth-order valence-electron chi connectivity index (χ4n) is 4.90. The summed E-state index contributed by atoms with van der Waals surface area (Å²) in [5.41, 5.74) is 5.14. The number of methoxy groups -OCH3 is 1. The van der Waals surface area contributed by atoms with Gasteiger partial charge in [-0.05, 0) is 47.6 Å². The Bertz CT molecular complexity index is 1460. The van der Waals surface area contributed by atoms with E-state index in [1.54, 1.807) is 25.0 Å². The highest BCUT2D eigenvalue weighted by molar-refractivity contribution is 5.90. The molecular formula is C32H33N3O5. The van der Waals surface area contributed by atoms with Crippen LogP contribution in [0.2, 0.25) is 0 Å². The van der Waals surface area contributed by atoms with E-state index in [4.69, 9.17) is 14.2 Å². The van der Waals surface area contributed by atoms with Crippen LogP contribution in [0.4, 0.5) is 10.6 Å². The van der Waals surface area contributed by atoms with E-state index in [0.717, 1.165) is 46.2 Å². The average molecular weight is 540 g/mol. The number of carbonyl (C=O) groups excluding carboxylic acids is 2. The van der Waals surface area contributed by atoms with Crippen LogP contribution in [-0.2, 0) is 31.5 Å². The molecule has 1 N–H and O–H groups in total. The largest absolute Gasteiger partial charge is 0.465 e. The standard InChI is InChI=1S/C32H33N3O5/c1-4-39-30(36)32(18-19-32)26-16-14-23(15-17-26)22-10-12-24(13-11-22)27-20-33-35(2)29(27)34-31(37)40-28(21-38-3)25-8-6-5-7-9-25/h5-17,20,28H,4,18-19,21H2,1-3H3,(H,34,37). The minimum absolute atomic E-state index is 0.133. The van der Waals surface area contributed by atoms with Crippen LogP contribution in [0.1, 0.15) is 37.0 Å². The first-order valence-electron chi connectivity index (χ1n) is 13.4. The number of amides is 1. The van der Waals surface area contributed by atoms with Crippen LogP contribution in [0.3, 0.4) is 0 Å². The lowest BCUT2D eigenvalue weighted by molar-refractivity contribution is -0.146. The number of esters is 1. The summed E-state index contributed by atoms with van der Waals surface area (Å²) in [6, 6.07) is 25.7. The Morgan fingerprint density at radius 3 is 2.17 bits per heavy atom. The van der Waals surface area contributed by atoms with Crippen LogP contribution in [0, 0.1) is 0 Å². The van der Waals surface area contributed by atoms with E-state index in [0.29, 0.717) is 12.4 Å². The smallest absolute Gasteiger partial charge is 0.413 e. The Hall–Kier alpha value is -4.43. The highest BCUT2D eigenvalue weighted by Crippen LogP contribution is 2.49. The molecule has 8 heteroatoms. The highest BCUT2D eigenvalue weighted by Gasteiger charge is 2.52. The molecule has 1 heterocycles. The summed E-state index contributed by atoms with van der Waals surface area (Å²) in [5.74, 6) is 0.395. The number of anilines is 1. The first kappa shape index (κ1) is 27.1. The van der Waals surface area contributed by atoms with Gasteiger partial charge in [-0.3, -0.25) is 14.8 Å². The predicted molar refractivity (Wildman–Crippen MR) is 153 cm³/mol. The zero-order valence-electron chi connectivity index (χ0n) is 22.9. The Morgan fingerprint density at radius 1 is 0.950 bits per heavy atom. The summed E-state index contributed by atoms with van der Waals surface area (Å²) < 4.78 is 17.9. The maximum absolute atomic E-state index is 12.9. The molecule has 3 aromatic carbocycles. The van der Waals surface area contributed by atoms with Gasteiger partial charge in [0.15, 0.2) is 6.10 Å². The molecule has 1 unspecified atom stereocenters. The van der Waals surface area contributed by atoms with Crippen molar-refractivity contribution in [1.29, 1.82) is 0 Å². The molecule has 0 aliphatic heterocycles. The van der Waals surface area contributed by atoms with E-state index in [-0.39, 0.29) is 12.6 Å². The monoisotopic (exact) mass is 539 g/mol. The van der Waals surface area contributed by atoms with Crippen LogP contribution < -0.4 is 5.32 Å².